The maximum absolute atomic E-state index is 13.0. The van der Waals surface area contributed by atoms with E-state index in [4.69, 9.17) is 11.6 Å². The Balaban J connectivity index is 2.15. The summed E-state index contributed by atoms with van der Waals surface area (Å²) in [4.78, 5) is 30.2. The average Bonchev–Trinajstić information content (AvgIpc) is 3.06. The Kier molecular flexibility index (Phi) is 4.28. The molecule has 0 fully saturated rings. The van der Waals surface area contributed by atoms with Crippen molar-refractivity contribution in [3.05, 3.63) is 79.1 Å². The zero-order valence-electron chi connectivity index (χ0n) is 14.5. The first-order chi connectivity index (χ1) is 12.9. The second kappa shape index (κ2) is 6.51. The average molecular weight is 446 g/mol. The molecule has 0 amide bonds. The number of imidazole rings is 1. The van der Waals surface area contributed by atoms with Gasteiger partial charge in [0.05, 0.1) is 17.0 Å². The topological polar surface area (TPSA) is 61.3 Å². The lowest BCUT2D eigenvalue weighted by Gasteiger charge is -2.15. The van der Waals surface area contributed by atoms with Crippen LogP contribution in [0, 0.1) is 0 Å². The van der Waals surface area contributed by atoms with Gasteiger partial charge in [-0.2, -0.15) is 0 Å². The summed E-state index contributed by atoms with van der Waals surface area (Å²) in [6.45, 7) is 0. The van der Waals surface area contributed by atoms with Crippen LogP contribution >= 0.6 is 27.5 Å². The predicted molar refractivity (Wildman–Crippen MR) is 109 cm³/mol. The van der Waals surface area contributed by atoms with Gasteiger partial charge in [-0.25, -0.2) is 9.78 Å². The molecule has 4 rings (SSSR count). The van der Waals surface area contributed by atoms with Gasteiger partial charge in [0.25, 0.3) is 5.56 Å². The summed E-state index contributed by atoms with van der Waals surface area (Å²) in [5.74, 6) is 0. The van der Waals surface area contributed by atoms with Gasteiger partial charge in [0.1, 0.15) is 5.65 Å². The molecule has 4 aromatic rings. The van der Waals surface area contributed by atoms with Crippen molar-refractivity contribution >= 4 is 33.2 Å². The fourth-order valence-corrected chi connectivity index (χ4v) is 3.71. The van der Waals surface area contributed by atoms with E-state index in [-0.39, 0.29) is 0 Å². The van der Waals surface area contributed by atoms with Gasteiger partial charge < -0.3 is 4.40 Å². The Hall–Kier alpha value is -2.64. The summed E-state index contributed by atoms with van der Waals surface area (Å²) in [5.41, 5.74) is 1.68. The molecule has 3 aromatic heterocycles. The van der Waals surface area contributed by atoms with Gasteiger partial charge in [0.2, 0.25) is 0 Å². The third-order valence-electron chi connectivity index (χ3n) is 4.46. The summed E-state index contributed by atoms with van der Waals surface area (Å²) < 4.78 is 5.21. The Labute approximate surface area is 167 Å². The van der Waals surface area contributed by atoms with E-state index < -0.39 is 11.2 Å². The molecule has 0 atom stereocenters. The highest BCUT2D eigenvalue weighted by molar-refractivity contribution is 9.10. The van der Waals surface area contributed by atoms with Gasteiger partial charge in [-0.05, 0) is 34.1 Å². The number of aromatic nitrogens is 4. The molecule has 27 heavy (non-hydrogen) atoms. The summed E-state index contributed by atoms with van der Waals surface area (Å²) in [5, 5.41) is 0.452. The van der Waals surface area contributed by atoms with Crippen molar-refractivity contribution in [2.24, 2.45) is 14.1 Å². The van der Waals surface area contributed by atoms with Crippen molar-refractivity contribution < 1.29 is 0 Å². The molecular weight excluding hydrogens is 432 g/mol. The smallest absolute Gasteiger partial charge is 0.305 e. The fraction of sp³-hybridized carbons (Fsp3) is 0.105. The quantitative estimate of drug-likeness (QED) is 0.475. The molecule has 0 bridgehead atoms. The van der Waals surface area contributed by atoms with Gasteiger partial charge >= 0.3 is 5.69 Å². The monoisotopic (exact) mass is 444 g/mol. The first-order valence-corrected chi connectivity index (χ1v) is 9.25. The van der Waals surface area contributed by atoms with E-state index in [9.17, 15) is 9.59 Å². The number of pyridine rings is 1. The van der Waals surface area contributed by atoms with Crippen molar-refractivity contribution in [3.8, 4) is 22.5 Å². The first kappa shape index (κ1) is 17.8. The molecule has 0 aliphatic carbocycles. The third kappa shape index (κ3) is 2.83. The molecule has 0 spiro atoms. The third-order valence-corrected chi connectivity index (χ3v) is 5.26. The van der Waals surface area contributed by atoms with E-state index in [0.29, 0.717) is 33.2 Å². The fourth-order valence-electron chi connectivity index (χ4n) is 3.13. The van der Waals surface area contributed by atoms with Crippen LogP contribution in [0.4, 0.5) is 0 Å². The Morgan fingerprint density at radius 2 is 1.74 bits per heavy atom. The molecule has 0 aliphatic rings. The van der Waals surface area contributed by atoms with Crippen molar-refractivity contribution in [2.75, 3.05) is 0 Å². The molecule has 0 N–H and O–H groups in total. The number of fused-ring (bicyclic) bond motifs is 1. The molecule has 0 saturated heterocycles. The normalized spacial score (nSPS) is 11.3. The SMILES string of the molecule is Cn1c(-c2ccccc2Cl)c(-c2cn3cc(Br)ccc3n2)c(=O)n(C)c1=O. The number of hydrogen-bond donors (Lipinski definition) is 0. The Morgan fingerprint density at radius 1 is 1.00 bits per heavy atom. The van der Waals surface area contributed by atoms with Gasteiger partial charge in [-0.15, -0.1) is 0 Å². The minimum Gasteiger partial charge on any atom is -0.305 e. The molecule has 8 heteroatoms. The van der Waals surface area contributed by atoms with Crippen molar-refractivity contribution in [2.45, 2.75) is 0 Å². The number of halogens is 2. The molecule has 0 aliphatic heterocycles. The standard InChI is InChI=1S/C19H14BrClN4O2/c1-23-17(12-5-3-4-6-13(12)21)16(18(26)24(2)19(23)27)14-10-25-9-11(20)7-8-15(25)22-14/h3-10H,1-2H3. The first-order valence-electron chi connectivity index (χ1n) is 8.08. The molecule has 0 unspecified atom stereocenters. The molecule has 0 radical (unpaired) electrons. The minimum absolute atomic E-state index is 0.326. The molecule has 6 nitrogen and oxygen atoms in total. The minimum atomic E-state index is -0.426. The summed E-state index contributed by atoms with van der Waals surface area (Å²) >= 11 is 9.81. The van der Waals surface area contributed by atoms with Gasteiger partial charge in [-0.3, -0.25) is 13.9 Å². The largest absolute Gasteiger partial charge is 0.330 e. The van der Waals surface area contributed by atoms with Crippen LogP contribution in [0.5, 0.6) is 0 Å². The van der Waals surface area contributed by atoms with Crippen molar-refractivity contribution in [3.63, 3.8) is 0 Å². The molecule has 1 aromatic carbocycles. The summed E-state index contributed by atoms with van der Waals surface area (Å²) in [7, 11) is 3.08. The van der Waals surface area contributed by atoms with Crippen LogP contribution in [-0.4, -0.2) is 18.5 Å². The summed E-state index contributed by atoms with van der Waals surface area (Å²) in [6, 6.07) is 10.8. The van der Waals surface area contributed by atoms with Crippen molar-refractivity contribution in [1.82, 2.24) is 18.5 Å². The van der Waals surface area contributed by atoms with E-state index in [1.807, 2.05) is 28.8 Å². The van der Waals surface area contributed by atoms with Crippen LogP contribution in [0.2, 0.25) is 5.02 Å². The molecule has 3 heterocycles. The van der Waals surface area contributed by atoms with Crippen molar-refractivity contribution in [1.29, 1.82) is 0 Å². The number of benzene rings is 1. The zero-order chi connectivity index (χ0) is 19.3. The molecular formula is C19H14BrClN4O2. The summed E-state index contributed by atoms with van der Waals surface area (Å²) in [6.07, 6.45) is 3.62. The van der Waals surface area contributed by atoms with Crippen LogP contribution in [0.15, 0.2) is 62.9 Å². The van der Waals surface area contributed by atoms with E-state index in [1.165, 1.54) is 11.6 Å². The molecule has 0 saturated carbocycles. The molecule has 136 valence electrons. The van der Waals surface area contributed by atoms with Gasteiger partial charge in [0.15, 0.2) is 0 Å². The number of nitrogens with zero attached hydrogens (tertiary/aromatic N) is 4. The van der Waals surface area contributed by atoms with E-state index in [0.717, 1.165) is 9.04 Å². The highest BCUT2D eigenvalue weighted by atomic mass is 79.9. The van der Waals surface area contributed by atoms with Crippen LogP contribution in [0.3, 0.4) is 0 Å². The lowest BCUT2D eigenvalue weighted by Crippen LogP contribution is -2.38. The van der Waals surface area contributed by atoms with E-state index in [1.54, 1.807) is 31.4 Å². The maximum Gasteiger partial charge on any atom is 0.330 e. The highest BCUT2D eigenvalue weighted by Gasteiger charge is 2.22. The Bertz CT molecular complexity index is 1320. The lowest BCUT2D eigenvalue weighted by molar-refractivity contribution is 0.694. The number of rotatable bonds is 2. The van der Waals surface area contributed by atoms with Crippen LogP contribution in [-0.2, 0) is 14.1 Å². The van der Waals surface area contributed by atoms with E-state index in [2.05, 4.69) is 20.9 Å². The highest BCUT2D eigenvalue weighted by Crippen LogP contribution is 2.32. The van der Waals surface area contributed by atoms with Crippen LogP contribution in [0.1, 0.15) is 0 Å². The Morgan fingerprint density at radius 3 is 2.48 bits per heavy atom. The lowest BCUT2D eigenvalue weighted by atomic mass is 10.0. The van der Waals surface area contributed by atoms with Crippen LogP contribution in [0.25, 0.3) is 28.2 Å². The van der Waals surface area contributed by atoms with E-state index >= 15 is 0 Å². The second-order valence-electron chi connectivity index (χ2n) is 6.15. The van der Waals surface area contributed by atoms with Crippen LogP contribution < -0.4 is 11.2 Å². The zero-order valence-corrected chi connectivity index (χ0v) is 16.8. The number of hydrogen-bond acceptors (Lipinski definition) is 3. The predicted octanol–water partition coefficient (Wildman–Crippen LogP) is 3.48. The van der Waals surface area contributed by atoms with Gasteiger partial charge in [-0.1, -0.05) is 29.8 Å². The second-order valence-corrected chi connectivity index (χ2v) is 7.47. The van der Waals surface area contributed by atoms with Gasteiger partial charge in [0, 0.05) is 41.5 Å². The maximum atomic E-state index is 13.0.